The standard InChI is InChI=1S/C15H10ClFINO3/c1-22-15(21)9-3-5-11(17)13(7-9)19-14(20)8-2-4-10(16)12(18)6-8/h2-7H,1H3,(H,19,20). The molecule has 114 valence electrons. The van der Waals surface area contributed by atoms with E-state index in [0.29, 0.717) is 14.2 Å². The van der Waals surface area contributed by atoms with Gasteiger partial charge in [0, 0.05) is 9.13 Å². The van der Waals surface area contributed by atoms with Crippen LogP contribution < -0.4 is 5.32 Å². The number of esters is 1. The van der Waals surface area contributed by atoms with Crippen LogP contribution in [0.3, 0.4) is 0 Å². The van der Waals surface area contributed by atoms with E-state index in [4.69, 9.17) is 11.6 Å². The molecular weight excluding hydrogens is 424 g/mol. The number of carbonyl (C=O) groups is 2. The topological polar surface area (TPSA) is 55.4 Å². The van der Waals surface area contributed by atoms with Crippen molar-refractivity contribution in [3.05, 3.63) is 61.9 Å². The monoisotopic (exact) mass is 433 g/mol. The maximum absolute atomic E-state index is 13.8. The molecule has 1 amide bonds. The molecule has 0 atom stereocenters. The van der Waals surface area contributed by atoms with Crippen LogP contribution in [0.15, 0.2) is 36.4 Å². The lowest BCUT2D eigenvalue weighted by Gasteiger charge is -2.09. The lowest BCUT2D eigenvalue weighted by atomic mass is 10.1. The van der Waals surface area contributed by atoms with Crippen LogP contribution in [0.2, 0.25) is 5.02 Å². The Bertz CT molecular complexity index is 752. The highest BCUT2D eigenvalue weighted by Crippen LogP contribution is 2.21. The van der Waals surface area contributed by atoms with Gasteiger partial charge in [-0.3, -0.25) is 4.79 Å². The van der Waals surface area contributed by atoms with Gasteiger partial charge in [-0.2, -0.15) is 0 Å². The van der Waals surface area contributed by atoms with Crippen molar-refractivity contribution in [3.63, 3.8) is 0 Å². The van der Waals surface area contributed by atoms with E-state index in [2.05, 4.69) is 10.1 Å². The second-order valence-electron chi connectivity index (χ2n) is 4.27. The zero-order valence-electron chi connectivity index (χ0n) is 11.3. The molecule has 7 heteroatoms. The summed E-state index contributed by atoms with van der Waals surface area (Å²) in [7, 11) is 1.22. The molecule has 2 rings (SSSR count). The predicted octanol–water partition coefficient (Wildman–Crippen LogP) is 4.12. The van der Waals surface area contributed by atoms with Crippen LogP contribution in [0.4, 0.5) is 10.1 Å². The van der Waals surface area contributed by atoms with Gasteiger partial charge >= 0.3 is 5.97 Å². The van der Waals surface area contributed by atoms with E-state index in [1.807, 2.05) is 22.6 Å². The Morgan fingerprint density at radius 2 is 1.86 bits per heavy atom. The third-order valence-electron chi connectivity index (χ3n) is 2.82. The summed E-state index contributed by atoms with van der Waals surface area (Å²) in [6, 6.07) is 8.29. The third-order valence-corrected chi connectivity index (χ3v) is 4.36. The summed E-state index contributed by atoms with van der Waals surface area (Å²) in [5.41, 5.74) is 0.374. The second-order valence-corrected chi connectivity index (χ2v) is 5.84. The van der Waals surface area contributed by atoms with Crippen molar-refractivity contribution in [1.82, 2.24) is 0 Å². The fraction of sp³-hybridized carbons (Fsp3) is 0.0667. The van der Waals surface area contributed by atoms with Gasteiger partial charge in [0.2, 0.25) is 0 Å². The summed E-state index contributed by atoms with van der Waals surface area (Å²) >= 11 is 7.88. The molecule has 0 saturated carbocycles. The normalized spacial score (nSPS) is 10.2. The summed E-state index contributed by atoms with van der Waals surface area (Å²) in [6.45, 7) is 0. The zero-order valence-corrected chi connectivity index (χ0v) is 14.2. The van der Waals surface area contributed by atoms with Crippen molar-refractivity contribution in [2.45, 2.75) is 0 Å². The van der Waals surface area contributed by atoms with Crippen LogP contribution in [0.25, 0.3) is 0 Å². The summed E-state index contributed by atoms with van der Waals surface area (Å²) in [6.07, 6.45) is 0. The van der Waals surface area contributed by atoms with E-state index >= 15 is 0 Å². The first-order chi connectivity index (χ1) is 10.4. The zero-order chi connectivity index (χ0) is 16.3. The van der Waals surface area contributed by atoms with Gasteiger partial charge in [-0.25, -0.2) is 9.18 Å². The first kappa shape index (κ1) is 16.7. The largest absolute Gasteiger partial charge is 0.465 e. The highest BCUT2D eigenvalue weighted by molar-refractivity contribution is 14.1. The van der Waals surface area contributed by atoms with Crippen LogP contribution in [-0.2, 0) is 4.74 Å². The summed E-state index contributed by atoms with van der Waals surface area (Å²) in [5.74, 6) is -1.77. The second kappa shape index (κ2) is 7.06. The van der Waals surface area contributed by atoms with Crippen LogP contribution >= 0.6 is 34.2 Å². The molecule has 0 bridgehead atoms. The molecule has 2 aromatic carbocycles. The van der Waals surface area contributed by atoms with Crippen molar-refractivity contribution in [1.29, 1.82) is 0 Å². The number of hydrogen-bond acceptors (Lipinski definition) is 3. The number of anilines is 1. The first-order valence-corrected chi connectivity index (χ1v) is 7.52. The van der Waals surface area contributed by atoms with Gasteiger partial charge in [-0.15, -0.1) is 0 Å². The molecule has 0 spiro atoms. The number of rotatable bonds is 3. The lowest BCUT2D eigenvalue weighted by Crippen LogP contribution is -2.14. The molecule has 0 saturated heterocycles. The Morgan fingerprint density at radius 3 is 2.50 bits per heavy atom. The van der Waals surface area contributed by atoms with Crippen LogP contribution in [0.1, 0.15) is 20.7 Å². The molecule has 22 heavy (non-hydrogen) atoms. The fourth-order valence-corrected chi connectivity index (χ4v) is 2.33. The molecule has 0 heterocycles. The average molecular weight is 434 g/mol. The van der Waals surface area contributed by atoms with Crippen LogP contribution in [0, 0.1) is 9.39 Å². The number of halogens is 3. The van der Waals surface area contributed by atoms with E-state index in [1.165, 1.54) is 25.3 Å². The minimum atomic E-state index is -0.648. The van der Waals surface area contributed by atoms with E-state index < -0.39 is 17.7 Å². The highest BCUT2D eigenvalue weighted by atomic mass is 127. The molecule has 0 aromatic heterocycles. The summed E-state index contributed by atoms with van der Waals surface area (Å²) < 4.78 is 19.0. The fourth-order valence-electron chi connectivity index (χ4n) is 1.70. The Hall–Kier alpha value is -1.67. The number of ether oxygens (including phenoxy) is 1. The Labute approximate surface area is 144 Å². The van der Waals surface area contributed by atoms with Crippen LogP contribution in [0.5, 0.6) is 0 Å². The third kappa shape index (κ3) is 3.75. The molecule has 2 aromatic rings. The number of hydrogen-bond donors (Lipinski definition) is 1. The minimum Gasteiger partial charge on any atom is -0.465 e. The van der Waals surface area contributed by atoms with E-state index in [0.717, 1.165) is 6.07 Å². The summed E-state index contributed by atoms with van der Waals surface area (Å²) in [5, 5.41) is 2.95. The summed E-state index contributed by atoms with van der Waals surface area (Å²) in [4.78, 5) is 23.6. The van der Waals surface area contributed by atoms with Gasteiger partial charge in [0.1, 0.15) is 5.82 Å². The highest BCUT2D eigenvalue weighted by Gasteiger charge is 2.14. The molecule has 4 nitrogen and oxygen atoms in total. The van der Waals surface area contributed by atoms with E-state index in [1.54, 1.807) is 12.1 Å². The molecule has 0 aliphatic rings. The number of methoxy groups -OCH3 is 1. The maximum atomic E-state index is 13.8. The molecule has 0 aliphatic heterocycles. The van der Waals surface area contributed by atoms with Gasteiger partial charge in [-0.05, 0) is 59.0 Å². The molecule has 0 unspecified atom stereocenters. The quantitative estimate of drug-likeness (QED) is 0.585. The first-order valence-electron chi connectivity index (χ1n) is 6.06. The van der Waals surface area contributed by atoms with Crippen molar-refractivity contribution in [2.24, 2.45) is 0 Å². The maximum Gasteiger partial charge on any atom is 0.337 e. The minimum absolute atomic E-state index is 0.0992. The van der Waals surface area contributed by atoms with Crippen LogP contribution in [-0.4, -0.2) is 19.0 Å². The SMILES string of the molecule is COC(=O)c1ccc(F)c(NC(=O)c2ccc(Cl)c(I)c2)c1. The Kier molecular flexibility index (Phi) is 5.36. The van der Waals surface area contributed by atoms with Crippen molar-refractivity contribution in [3.8, 4) is 0 Å². The van der Waals surface area contributed by atoms with E-state index in [-0.39, 0.29) is 11.3 Å². The molecule has 0 aliphatic carbocycles. The number of carbonyl (C=O) groups excluding carboxylic acids is 2. The molecular formula is C15H10ClFINO3. The van der Waals surface area contributed by atoms with Gasteiger partial charge in [0.15, 0.2) is 0 Å². The smallest absolute Gasteiger partial charge is 0.337 e. The lowest BCUT2D eigenvalue weighted by molar-refractivity contribution is 0.0600. The van der Waals surface area contributed by atoms with Gasteiger partial charge in [0.05, 0.1) is 23.4 Å². The van der Waals surface area contributed by atoms with Gasteiger partial charge < -0.3 is 10.1 Å². The number of amides is 1. The average Bonchev–Trinajstić information content (AvgIpc) is 2.51. The van der Waals surface area contributed by atoms with E-state index in [9.17, 15) is 14.0 Å². The van der Waals surface area contributed by atoms with Crippen molar-refractivity contribution in [2.75, 3.05) is 12.4 Å². The van der Waals surface area contributed by atoms with Gasteiger partial charge in [-0.1, -0.05) is 11.6 Å². The van der Waals surface area contributed by atoms with Crippen molar-refractivity contribution >= 4 is 51.8 Å². The Balaban J connectivity index is 2.27. The molecule has 0 fully saturated rings. The van der Waals surface area contributed by atoms with Gasteiger partial charge in [0.25, 0.3) is 5.91 Å². The number of nitrogens with one attached hydrogen (secondary N) is 1. The van der Waals surface area contributed by atoms with Crippen molar-refractivity contribution < 1.29 is 18.7 Å². The Morgan fingerprint density at radius 1 is 1.18 bits per heavy atom. The number of benzene rings is 2. The molecule has 1 N–H and O–H groups in total. The molecule has 0 radical (unpaired) electrons. The predicted molar refractivity (Wildman–Crippen MR) is 89.9 cm³/mol.